The van der Waals surface area contributed by atoms with Crippen molar-refractivity contribution in [3.8, 4) is 0 Å². The van der Waals surface area contributed by atoms with Crippen molar-refractivity contribution in [2.45, 2.75) is 64.7 Å². The highest BCUT2D eigenvalue weighted by atomic mass is 16.1. The van der Waals surface area contributed by atoms with Crippen LogP contribution in [-0.4, -0.2) is 5.94 Å². The van der Waals surface area contributed by atoms with E-state index in [1.54, 1.807) is 12.0 Å². The molecular formula is C14H24O. The molecule has 0 aliphatic rings. The van der Waals surface area contributed by atoms with Crippen LogP contribution in [-0.2, 0) is 4.79 Å². The first kappa shape index (κ1) is 14.2. The van der Waals surface area contributed by atoms with Gasteiger partial charge in [-0.05, 0) is 12.8 Å². The maximum absolute atomic E-state index is 9.83. The Bertz CT molecular complexity index is 188. The monoisotopic (exact) mass is 208 g/mol. The molecule has 0 rings (SSSR count). The van der Waals surface area contributed by atoms with E-state index in [0.29, 0.717) is 0 Å². The van der Waals surface area contributed by atoms with Crippen molar-refractivity contribution in [1.29, 1.82) is 0 Å². The highest BCUT2D eigenvalue weighted by molar-refractivity contribution is 5.48. The van der Waals surface area contributed by atoms with Gasteiger partial charge < -0.3 is 0 Å². The molecule has 86 valence electrons. The summed E-state index contributed by atoms with van der Waals surface area (Å²) in [6, 6.07) is 0. The van der Waals surface area contributed by atoms with Crippen molar-refractivity contribution in [2.75, 3.05) is 0 Å². The number of hydrogen-bond acceptors (Lipinski definition) is 1. The summed E-state index contributed by atoms with van der Waals surface area (Å²) in [6.07, 6.45) is 17.2. The molecule has 0 bridgehead atoms. The van der Waals surface area contributed by atoms with Crippen LogP contribution in [0, 0.1) is 0 Å². The molecule has 0 aliphatic heterocycles. The number of carbonyl (C=O) groups excluding carboxylic acids is 1. The van der Waals surface area contributed by atoms with Crippen LogP contribution in [0.1, 0.15) is 64.7 Å². The van der Waals surface area contributed by atoms with Crippen LogP contribution in [0.25, 0.3) is 0 Å². The fraction of sp³-hybridized carbons (Fsp3) is 0.714. The maximum Gasteiger partial charge on any atom is 0.124 e. The first-order valence-electron chi connectivity index (χ1n) is 6.27. The molecule has 0 amide bonds. The van der Waals surface area contributed by atoms with Crippen LogP contribution >= 0.6 is 0 Å². The van der Waals surface area contributed by atoms with Gasteiger partial charge in [-0.1, -0.05) is 64.0 Å². The molecule has 0 atom stereocenters. The molecule has 15 heavy (non-hydrogen) atoms. The Morgan fingerprint density at radius 2 is 1.53 bits per heavy atom. The van der Waals surface area contributed by atoms with Crippen molar-refractivity contribution < 1.29 is 4.79 Å². The molecule has 0 saturated heterocycles. The normalized spacial score (nSPS) is 10.5. The molecule has 0 saturated carbocycles. The Balaban J connectivity index is 3.01. The third kappa shape index (κ3) is 13.2. The van der Waals surface area contributed by atoms with Gasteiger partial charge in [-0.15, -0.1) is 0 Å². The number of hydrogen-bond donors (Lipinski definition) is 0. The van der Waals surface area contributed by atoms with Crippen LogP contribution in [0.4, 0.5) is 0 Å². The van der Waals surface area contributed by atoms with E-state index in [-0.39, 0.29) is 0 Å². The van der Waals surface area contributed by atoms with Crippen molar-refractivity contribution in [3.05, 3.63) is 18.2 Å². The van der Waals surface area contributed by atoms with E-state index in [1.807, 2.05) is 6.08 Å². The van der Waals surface area contributed by atoms with Gasteiger partial charge in [0.1, 0.15) is 5.94 Å². The fourth-order valence-corrected chi connectivity index (χ4v) is 1.60. The summed E-state index contributed by atoms with van der Waals surface area (Å²) in [5, 5.41) is 0. The lowest BCUT2D eigenvalue weighted by atomic mass is 10.1. The minimum absolute atomic E-state index is 1.09. The minimum atomic E-state index is 1.09. The molecule has 0 aromatic rings. The fourth-order valence-electron chi connectivity index (χ4n) is 1.60. The second-order valence-corrected chi connectivity index (χ2v) is 3.98. The zero-order valence-electron chi connectivity index (χ0n) is 10.0. The molecule has 0 aromatic carbocycles. The largest absolute Gasteiger partial charge is 0.234 e. The molecule has 0 unspecified atom stereocenters. The van der Waals surface area contributed by atoms with Crippen LogP contribution in [0.2, 0.25) is 0 Å². The molecule has 0 N–H and O–H groups in total. The molecule has 0 spiro atoms. The van der Waals surface area contributed by atoms with Gasteiger partial charge in [-0.25, -0.2) is 4.79 Å². The van der Waals surface area contributed by atoms with Gasteiger partial charge in [-0.2, -0.15) is 0 Å². The van der Waals surface area contributed by atoms with Gasteiger partial charge in [0.25, 0.3) is 0 Å². The third-order valence-corrected chi connectivity index (χ3v) is 2.52. The highest BCUT2D eigenvalue weighted by Gasteiger charge is 1.89. The van der Waals surface area contributed by atoms with Gasteiger partial charge in [0.2, 0.25) is 0 Å². The highest BCUT2D eigenvalue weighted by Crippen LogP contribution is 2.09. The van der Waals surface area contributed by atoms with E-state index in [1.165, 1.54) is 57.4 Å². The quantitative estimate of drug-likeness (QED) is 0.294. The summed E-state index contributed by atoms with van der Waals surface area (Å²) >= 11 is 0. The zero-order valence-corrected chi connectivity index (χ0v) is 10.0. The van der Waals surface area contributed by atoms with E-state index in [0.717, 1.165) is 6.42 Å². The van der Waals surface area contributed by atoms with Gasteiger partial charge in [0, 0.05) is 6.08 Å². The van der Waals surface area contributed by atoms with Crippen molar-refractivity contribution in [3.63, 3.8) is 0 Å². The number of allylic oxidation sites excluding steroid dienone is 3. The van der Waals surface area contributed by atoms with Crippen LogP contribution < -0.4 is 0 Å². The Morgan fingerprint density at radius 1 is 0.933 bits per heavy atom. The minimum Gasteiger partial charge on any atom is -0.234 e. The molecule has 0 heterocycles. The van der Waals surface area contributed by atoms with Crippen molar-refractivity contribution >= 4 is 5.94 Å². The topological polar surface area (TPSA) is 17.1 Å². The SMILES string of the molecule is CCCCCCCCCC/C=C\C=C=O. The van der Waals surface area contributed by atoms with Crippen molar-refractivity contribution in [2.24, 2.45) is 0 Å². The van der Waals surface area contributed by atoms with Gasteiger partial charge in [-0.3, -0.25) is 0 Å². The van der Waals surface area contributed by atoms with Crippen molar-refractivity contribution in [1.82, 2.24) is 0 Å². The smallest absolute Gasteiger partial charge is 0.124 e. The standard InChI is InChI=1S/C14H24O/c1-2-3-4-5-6-7-8-9-10-11-12-13-14-15/h11-13H,2-10H2,1H3/b12-11-. The Labute approximate surface area is 94.3 Å². The van der Waals surface area contributed by atoms with E-state index in [9.17, 15) is 4.79 Å². The molecule has 1 heteroatoms. The summed E-state index contributed by atoms with van der Waals surface area (Å²) in [5.74, 6) is 1.74. The van der Waals surface area contributed by atoms with Gasteiger partial charge in [0.15, 0.2) is 0 Å². The predicted molar refractivity (Wildman–Crippen MR) is 66.6 cm³/mol. The van der Waals surface area contributed by atoms with E-state index in [4.69, 9.17) is 0 Å². The predicted octanol–water partition coefficient (Wildman–Crippen LogP) is 4.46. The van der Waals surface area contributed by atoms with Gasteiger partial charge >= 0.3 is 0 Å². The summed E-state index contributed by atoms with van der Waals surface area (Å²) < 4.78 is 0. The van der Waals surface area contributed by atoms with E-state index >= 15 is 0 Å². The summed E-state index contributed by atoms with van der Waals surface area (Å²) in [5.41, 5.74) is 0. The summed E-state index contributed by atoms with van der Waals surface area (Å²) in [4.78, 5) is 9.83. The Hall–Kier alpha value is -0.810. The third-order valence-electron chi connectivity index (χ3n) is 2.52. The Kier molecular flexibility index (Phi) is 12.5. The first-order valence-corrected chi connectivity index (χ1v) is 6.27. The Morgan fingerprint density at radius 3 is 2.13 bits per heavy atom. The molecule has 0 aliphatic carbocycles. The maximum atomic E-state index is 9.83. The van der Waals surface area contributed by atoms with Gasteiger partial charge in [0.05, 0.1) is 0 Å². The van der Waals surface area contributed by atoms with E-state index < -0.39 is 0 Å². The molecule has 0 fully saturated rings. The number of rotatable bonds is 10. The summed E-state index contributed by atoms with van der Waals surface area (Å²) in [6.45, 7) is 2.25. The molecular weight excluding hydrogens is 184 g/mol. The second kappa shape index (κ2) is 13.2. The lowest BCUT2D eigenvalue weighted by molar-refractivity contribution is 0.569. The molecule has 0 aromatic heterocycles. The number of unbranched alkanes of at least 4 members (excludes halogenated alkanes) is 8. The van der Waals surface area contributed by atoms with Crippen LogP contribution in [0.3, 0.4) is 0 Å². The molecule has 1 nitrogen and oxygen atoms in total. The van der Waals surface area contributed by atoms with E-state index in [2.05, 4.69) is 6.92 Å². The zero-order chi connectivity index (χ0) is 11.2. The van der Waals surface area contributed by atoms with Crippen LogP contribution in [0.5, 0.6) is 0 Å². The average Bonchev–Trinajstić information content (AvgIpc) is 2.26. The summed E-state index contributed by atoms with van der Waals surface area (Å²) in [7, 11) is 0. The lowest BCUT2D eigenvalue weighted by Gasteiger charge is -1.99. The molecule has 0 radical (unpaired) electrons. The second-order valence-electron chi connectivity index (χ2n) is 3.98. The lowest BCUT2D eigenvalue weighted by Crippen LogP contribution is -1.79. The van der Waals surface area contributed by atoms with Crippen LogP contribution in [0.15, 0.2) is 18.2 Å². The average molecular weight is 208 g/mol. The first-order chi connectivity index (χ1) is 7.41.